The summed E-state index contributed by atoms with van der Waals surface area (Å²) in [5.41, 5.74) is 3.42. The summed E-state index contributed by atoms with van der Waals surface area (Å²) in [5, 5.41) is 9.18. The van der Waals surface area contributed by atoms with Crippen molar-refractivity contribution in [3.63, 3.8) is 0 Å². The summed E-state index contributed by atoms with van der Waals surface area (Å²) in [6.07, 6.45) is 2.15. The number of nitrogens with zero attached hydrogens (tertiary/aromatic N) is 3. The Labute approximate surface area is 182 Å². The average Bonchev–Trinajstić information content (AvgIpc) is 3.13. The number of benzene rings is 2. The van der Waals surface area contributed by atoms with Crippen molar-refractivity contribution in [3.05, 3.63) is 81.8 Å². The van der Waals surface area contributed by atoms with Crippen molar-refractivity contribution in [2.75, 3.05) is 5.32 Å². The number of Topliss-reactive ketones (excluding diaryl/α,β-unsaturated/α-hetero) is 1. The van der Waals surface area contributed by atoms with Crippen LogP contribution in [0.5, 0.6) is 0 Å². The standard InChI is InChI=1S/C22H18ClFN4OS/c23-15-6-2-5-14(11-15)20-19-17(8-3-9-18(19)29)25-21-26-22(27-28(20)21)30-12-13-4-1-7-16(24)10-13/h1-2,4-7,10-11,20H,3,8-9,12H2,(H,25,26,27)/t20-/m0/s1. The van der Waals surface area contributed by atoms with Crippen LogP contribution in [0.3, 0.4) is 0 Å². The third-order valence-electron chi connectivity index (χ3n) is 5.27. The van der Waals surface area contributed by atoms with Gasteiger partial charge in [0, 0.05) is 28.5 Å². The lowest BCUT2D eigenvalue weighted by Crippen LogP contribution is -2.31. The molecule has 2 aromatic carbocycles. The largest absolute Gasteiger partial charge is 0.328 e. The van der Waals surface area contributed by atoms with Gasteiger partial charge in [-0.25, -0.2) is 9.07 Å². The van der Waals surface area contributed by atoms with E-state index in [1.165, 1.54) is 23.9 Å². The van der Waals surface area contributed by atoms with Gasteiger partial charge in [-0.15, -0.1) is 5.10 Å². The van der Waals surface area contributed by atoms with E-state index in [0.29, 0.717) is 28.3 Å². The lowest BCUT2D eigenvalue weighted by Gasteiger charge is -2.32. The molecule has 5 rings (SSSR count). The quantitative estimate of drug-likeness (QED) is 0.551. The SMILES string of the molecule is O=C1CCCC2=C1[C@H](c1cccc(Cl)c1)n1nc(SCc3cccc(F)c3)nc1N2. The van der Waals surface area contributed by atoms with E-state index >= 15 is 0 Å². The fraction of sp³-hybridized carbons (Fsp3) is 0.227. The minimum absolute atomic E-state index is 0.129. The number of aromatic nitrogens is 3. The van der Waals surface area contributed by atoms with Crippen molar-refractivity contribution in [3.8, 4) is 0 Å². The van der Waals surface area contributed by atoms with E-state index in [1.807, 2.05) is 30.3 Å². The molecule has 3 aromatic rings. The van der Waals surface area contributed by atoms with E-state index in [9.17, 15) is 9.18 Å². The molecule has 30 heavy (non-hydrogen) atoms. The number of nitrogens with one attached hydrogen (secondary N) is 1. The molecule has 5 nitrogen and oxygen atoms in total. The summed E-state index contributed by atoms with van der Waals surface area (Å²) >= 11 is 7.67. The molecule has 2 aliphatic rings. The first kappa shape index (κ1) is 19.3. The van der Waals surface area contributed by atoms with E-state index in [-0.39, 0.29) is 17.6 Å². The molecule has 1 N–H and O–H groups in total. The number of ketones is 1. The molecule has 0 unspecified atom stereocenters. The van der Waals surface area contributed by atoms with E-state index < -0.39 is 0 Å². The van der Waals surface area contributed by atoms with Gasteiger partial charge in [0.2, 0.25) is 11.1 Å². The van der Waals surface area contributed by atoms with Crippen LogP contribution in [0.25, 0.3) is 0 Å². The molecule has 152 valence electrons. The van der Waals surface area contributed by atoms with E-state index in [4.69, 9.17) is 11.6 Å². The van der Waals surface area contributed by atoms with Crippen LogP contribution in [-0.4, -0.2) is 20.5 Å². The van der Waals surface area contributed by atoms with E-state index in [0.717, 1.165) is 35.2 Å². The van der Waals surface area contributed by atoms with Gasteiger partial charge in [0.1, 0.15) is 11.9 Å². The van der Waals surface area contributed by atoms with Gasteiger partial charge >= 0.3 is 0 Å². The van der Waals surface area contributed by atoms with Crippen LogP contribution in [0.4, 0.5) is 10.3 Å². The highest BCUT2D eigenvalue weighted by atomic mass is 35.5. The Kier molecular flexibility index (Phi) is 5.08. The van der Waals surface area contributed by atoms with Crippen molar-refractivity contribution in [1.82, 2.24) is 14.8 Å². The van der Waals surface area contributed by atoms with E-state index in [2.05, 4.69) is 15.4 Å². The summed E-state index contributed by atoms with van der Waals surface area (Å²) in [7, 11) is 0. The number of allylic oxidation sites excluding steroid dienone is 2. The highest BCUT2D eigenvalue weighted by Gasteiger charge is 2.36. The predicted octanol–water partition coefficient (Wildman–Crippen LogP) is 5.38. The first-order valence-electron chi connectivity index (χ1n) is 9.71. The normalized spacial score (nSPS) is 18.1. The zero-order valence-corrected chi connectivity index (χ0v) is 17.5. The van der Waals surface area contributed by atoms with Gasteiger partial charge in [0.25, 0.3) is 0 Å². The molecule has 0 saturated heterocycles. The highest BCUT2D eigenvalue weighted by molar-refractivity contribution is 7.98. The lowest BCUT2D eigenvalue weighted by atomic mass is 9.85. The monoisotopic (exact) mass is 440 g/mol. The molecule has 0 amide bonds. The van der Waals surface area contributed by atoms with Crippen LogP contribution >= 0.6 is 23.4 Å². The van der Waals surface area contributed by atoms with Gasteiger partial charge in [0.05, 0.1) is 0 Å². The summed E-state index contributed by atoms with van der Waals surface area (Å²) < 4.78 is 15.2. The average molecular weight is 441 g/mol. The van der Waals surface area contributed by atoms with Crippen molar-refractivity contribution in [1.29, 1.82) is 0 Å². The molecule has 1 aliphatic carbocycles. The Balaban J connectivity index is 1.51. The van der Waals surface area contributed by atoms with Crippen molar-refractivity contribution >= 4 is 35.1 Å². The van der Waals surface area contributed by atoms with Crippen LogP contribution in [0.15, 0.2) is 65.0 Å². The second-order valence-electron chi connectivity index (χ2n) is 7.33. The number of fused-ring (bicyclic) bond motifs is 1. The number of hydrogen-bond acceptors (Lipinski definition) is 5. The molecule has 2 heterocycles. The van der Waals surface area contributed by atoms with Crippen molar-refractivity contribution in [2.45, 2.75) is 36.2 Å². The van der Waals surface area contributed by atoms with Gasteiger partial charge in [-0.05, 0) is 48.2 Å². The number of thioether (sulfide) groups is 1. The van der Waals surface area contributed by atoms with Crippen LogP contribution in [0, 0.1) is 5.82 Å². The Morgan fingerprint density at radius 3 is 2.90 bits per heavy atom. The van der Waals surface area contributed by atoms with Crippen molar-refractivity contribution < 1.29 is 9.18 Å². The summed E-state index contributed by atoms with van der Waals surface area (Å²) in [6.45, 7) is 0. The maximum Gasteiger partial charge on any atom is 0.227 e. The Hall–Kier alpha value is -2.64. The van der Waals surface area contributed by atoms with Gasteiger partial charge in [0.15, 0.2) is 5.78 Å². The molecule has 0 fully saturated rings. The Morgan fingerprint density at radius 2 is 2.07 bits per heavy atom. The smallest absolute Gasteiger partial charge is 0.227 e. The second-order valence-corrected chi connectivity index (χ2v) is 8.71. The number of anilines is 1. The third-order valence-corrected chi connectivity index (χ3v) is 6.41. The number of halogens is 2. The fourth-order valence-electron chi connectivity index (χ4n) is 3.96. The Morgan fingerprint density at radius 1 is 1.20 bits per heavy atom. The number of carbonyl (C=O) groups excluding carboxylic acids is 1. The molecular formula is C22H18ClFN4OS. The zero-order chi connectivity index (χ0) is 20.7. The summed E-state index contributed by atoms with van der Waals surface area (Å²) in [5.74, 6) is 1.03. The first-order chi connectivity index (χ1) is 14.6. The van der Waals surface area contributed by atoms with Gasteiger partial charge in [-0.3, -0.25) is 4.79 Å². The van der Waals surface area contributed by atoms with E-state index in [1.54, 1.807) is 10.7 Å². The third kappa shape index (κ3) is 3.63. The van der Waals surface area contributed by atoms with Gasteiger partial charge in [-0.1, -0.05) is 47.6 Å². The maximum absolute atomic E-state index is 13.5. The molecule has 0 spiro atoms. The van der Waals surface area contributed by atoms with Crippen LogP contribution < -0.4 is 5.32 Å². The fourth-order valence-corrected chi connectivity index (χ4v) is 4.93. The molecule has 1 aromatic heterocycles. The second kappa shape index (κ2) is 7.89. The zero-order valence-electron chi connectivity index (χ0n) is 15.9. The van der Waals surface area contributed by atoms with Crippen LogP contribution in [0.1, 0.15) is 36.4 Å². The summed E-state index contributed by atoms with van der Waals surface area (Å²) in [4.78, 5) is 17.5. The first-order valence-corrected chi connectivity index (χ1v) is 11.1. The molecular weight excluding hydrogens is 423 g/mol. The highest BCUT2D eigenvalue weighted by Crippen LogP contribution is 2.41. The van der Waals surface area contributed by atoms with Gasteiger partial charge in [-0.2, -0.15) is 4.98 Å². The molecule has 1 atom stereocenters. The lowest BCUT2D eigenvalue weighted by molar-refractivity contribution is -0.116. The minimum atomic E-state index is -0.362. The molecule has 0 bridgehead atoms. The maximum atomic E-state index is 13.5. The topological polar surface area (TPSA) is 59.8 Å². The minimum Gasteiger partial charge on any atom is -0.328 e. The van der Waals surface area contributed by atoms with Crippen LogP contribution in [0.2, 0.25) is 5.02 Å². The molecule has 8 heteroatoms. The molecule has 1 aliphatic heterocycles. The van der Waals surface area contributed by atoms with Gasteiger partial charge < -0.3 is 5.32 Å². The Bertz CT molecular complexity index is 1180. The molecule has 0 saturated carbocycles. The van der Waals surface area contributed by atoms with Crippen molar-refractivity contribution in [2.24, 2.45) is 0 Å². The molecule has 0 radical (unpaired) electrons. The predicted molar refractivity (Wildman–Crippen MR) is 115 cm³/mol. The number of hydrogen-bond donors (Lipinski definition) is 1. The number of rotatable bonds is 4. The van der Waals surface area contributed by atoms with Crippen LogP contribution in [-0.2, 0) is 10.5 Å². The summed E-state index contributed by atoms with van der Waals surface area (Å²) in [6, 6.07) is 13.7. The number of carbonyl (C=O) groups is 1.